The summed E-state index contributed by atoms with van der Waals surface area (Å²) in [7, 11) is 0. The summed E-state index contributed by atoms with van der Waals surface area (Å²) >= 11 is 0. The van der Waals surface area contributed by atoms with Crippen molar-refractivity contribution in [2.24, 2.45) is 5.92 Å². The van der Waals surface area contributed by atoms with E-state index in [1.165, 1.54) is 4.68 Å². The summed E-state index contributed by atoms with van der Waals surface area (Å²) in [6.45, 7) is 4.36. The number of benzene rings is 1. The number of rotatable bonds is 3. The fraction of sp³-hybridized carbons (Fsp3) is 0.381. The molecule has 8 heteroatoms. The van der Waals surface area contributed by atoms with Crippen molar-refractivity contribution in [2.75, 3.05) is 18.0 Å². The molecule has 0 aliphatic carbocycles. The Kier molecular flexibility index (Phi) is 4.26. The molecule has 1 aromatic carbocycles. The summed E-state index contributed by atoms with van der Waals surface area (Å²) in [5.41, 5.74) is 0.931. The maximum absolute atomic E-state index is 12.8. The monoisotopic (exact) mass is 390 g/mol. The van der Waals surface area contributed by atoms with Gasteiger partial charge in [-0.2, -0.15) is 5.10 Å². The highest BCUT2D eigenvalue weighted by Gasteiger charge is 2.40. The molecule has 2 aliphatic heterocycles. The number of hydrogen-bond donors (Lipinski definition) is 0. The highest BCUT2D eigenvalue weighted by Crippen LogP contribution is 2.37. The van der Waals surface area contributed by atoms with Crippen LogP contribution >= 0.6 is 0 Å². The molecule has 3 aromatic rings. The minimum atomic E-state index is -0.560. The lowest BCUT2D eigenvalue weighted by Crippen LogP contribution is -2.43. The number of piperidine rings is 1. The van der Waals surface area contributed by atoms with E-state index in [-0.39, 0.29) is 5.92 Å². The summed E-state index contributed by atoms with van der Waals surface area (Å²) in [5.74, 6) is 1.80. The van der Waals surface area contributed by atoms with Gasteiger partial charge in [0.1, 0.15) is 5.82 Å². The Balaban J connectivity index is 1.49. The summed E-state index contributed by atoms with van der Waals surface area (Å²) in [5, 5.41) is 4.64. The Morgan fingerprint density at radius 2 is 1.79 bits per heavy atom. The lowest BCUT2D eigenvalue weighted by atomic mass is 9.88. The first kappa shape index (κ1) is 17.8. The predicted molar refractivity (Wildman–Crippen MR) is 108 cm³/mol. The largest absolute Gasteiger partial charge is 0.340 e. The van der Waals surface area contributed by atoms with E-state index in [0.29, 0.717) is 37.3 Å². The molecule has 2 aliphatic rings. The van der Waals surface area contributed by atoms with Crippen LogP contribution in [0, 0.1) is 12.8 Å². The van der Waals surface area contributed by atoms with Crippen molar-refractivity contribution in [3.05, 3.63) is 80.4 Å². The average Bonchev–Trinajstić information content (AvgIpc) is 3.11. The van der Waals surface area contributed by atoms with E-state index in [4.69, 9.17) is 0 Å². The molecule has 148 valence electrons. The van der Waals surface area contributed by atoms with Gasteiger partial charge in [-0.25, -0.2) is 14.6 Å². The zero-order valence-electron chi connectivity index (χ0n) is 16.2. The maximum atomic E-state index is 12.8. The Morgan fingerprint density at radius 1 is 1.03 bits per heavy atom. The molecular formula is C21H22N6O2. The van der Waals surface area contributed by atoms with Crippen LogP contribution in [0.5, 0.6) is 0 Å². The fourth-order valence-electron chi connectivity index (χ4n) is 4.34. The van der Waals surface area contributed by atoms with Crippen LogP contribution in [0.3, 0.4) is 0 Å². The second-order valence-electron chi connectivity index (χ2n) is 7.88. The molecule has 5 rings (SSSR count). The number of hydrogen-bond acceptors (Lipinski definition) is 6. The van der Waals surface area contributed by atoms with Crippen LogP contribution in [0.2, 0.25) is 0 Å². The summed E-state index contributed by atoms with van der Waals surface area (Å²) in [6.07, 6.45) is 4.55. The molecule has 0 unspecified atom stereocenters. The highest BCUT2D eigenvalue weighted by atomic mass is 16.2. The van der Waals surface area contributed by atoms with Gasteiger partial charge in [0.15, 0.2) is 0 Å². The molecule has 0 N–H and O–H groups in total. The quantitative estimate of drug-likeness (QED) is 0.624. The van der Waals surface area contributed by atoms with E-state index in [0.717, 1.165) is 24.1 Å². The van der Waals surface area contributed by atoms with Crippen molar-refractivity contribution < 1.29 is 0 Å². The number of anilines is 1. The van der Waals surface area contributed by atoms with E-state index in [9.17, 15) is 9.59 Å². The van der Waals surface area contributed by atoms with E-state index in [1.807, 2.05) is 49.6 Å². The van der Waals surface area contributed by atoms with Crippen LogP contribution in [-0.2, 0) is 13.1 Å². The summed E-state index contributed by atoms with van der Waals surface area (Å²) in [6, 6.07) is 9.61. The summed E-state index contributed by atoms with van der Waals surface area (Å²) < 4.78 is 2.89. The molecule has 4 heterocycles. The third-order valence-corrected chi connectivity index (χ3v) is 5.89. The minimum Gasteiger partial charge on any atom is -0.340 e. The first-order valence-corrected chi connectivity index (χ1v) is 9.89. The molecule has 0 amide bonds. The molecular weight excluding hydrogens is 368 g/mol. The highest BCUT2D eigenvalue weighted by molar-refractivity contribution is 5.33. The molecule has 1 fully saturated rings. The van der Waals surface area contributed by atoms with Crippen LogP contribution in [0.1, 0.15) is 29.3 Å². The van der Waals surface area contributed by atoms with E-state index >= 15 is 0 Å². The Labute approximate surface area is 167 Å². The van der Waals surface area contributed by atoms with Gasteiger partial charge < -0.3 is 4.90 Å². The van der Waals surface area contributed by atoms with Gasteiger partial charge in [0.05, 0.1) is 6.54 Å². The minimum absolute atomic E-state index is 0.0870. The van der Waals surface area contributed by atoms with Crippen molar-refractivity contribution >= 4 is 5.95 Å². The van der Waals surface area contributed by atoms with Crippen LogP contribution in [-0.4, -0.2) is 37.4 Å². The third-order valence-electron chi connectivity index (χ3n) is 5.89. The second kappa shape index (κ2) is 6.95. The molecule has 0 radical (unpaired) electrons. The van der Waals surface area contributed by atoms with Gasteiger partial charge >= 0.3 is 11.1 Å². The van der Waals surface area contributed by atoms with Crippen molar-refractivity contribution in [1.82, 2.24) is 24.3 Å². The molecule has 2 aromatic heterocycles. The van der Waals surface area contributed by atoms with Crippen molar-refractivity contribution in [3.8, 4) is 0 Å². The molecule has 2 atom stereocenters. The zero-order chi connectivity index (χ0) is 20.0. The lowest BCUT2D eigenvalue weighted by Gasteiger charge is -2.34. The van der Waals surface area contributed by atoms with Crippen LogP contribution in [0.4, 0.5) is 5.95 Å². The van der Waals surface area contributed by atoms with Crippen molar-refractivity contribution in [1.29, 1.82) is 0 Å². The first-order chi connectivity index (χ1) is 14.1. The third kappa shape index (κ3) is 3.14. The Hall–Kier alpha value is -3.29. The number of nitrogens with zero attached hydrogens (tertiary/aromatic N) is 6. The van der Waals surface area contributed by atoms with Crippen LogP contribution in [0.25, 0.3) is 0 Å². The Bertz CT molecular complexity index is 1150. The van der Waals surface area contributed by atoms with Gasteiger partial charge in [0.25, 0.3) is 0 Å². The zero-order valence-corrected chi connectivity index (χ0v) is 16.2. The van der Waals surface area contributed by atoms with Gasteiger partial charge in [0, 0.05) is 37.9 Å². The van der Waals surface area contributed by atoms with Gasteiger partial charge in [-0.05, 0) is 30.4 Å². The van der Waals surface area contributed by atoms with Crippen molar-refractivity contribution in [3.63, 3.8) is 0 Å². The average molecular weight is 390 g/mol. The summed E-state index contributed by atoms with van der Waals surface area (Å²) in [4.78, 5) is 36.4. The smallest absolute Gasteiger partial charge is 0.332 e. The fourth-order valence-corrected chi connectivity index (χ4v) is 4.34. The standard InChI is InChI=1S/C21H22N6O2/c1-14-9-22-21(23-10-14)25-8-7-16-12-26-18(17(16)13-25)24-27(20(29)19(26)28)11-15-5-3-2-4-6-15/h2-6,9-10,16-17H,7-8,11-13H2,1H3/t16-,17-/m1/s1. The van der Waals surface area contributed by atoms with E-state index in [2.05, 4.69) is 20.0 Å². The molecule has 0 bridgehead atoms. The molecule has 1 saturated heterocycles. The van der Waals surface area contributed by atoms with Gasteiger partial charge in [-0.3, -0.25) is 14.2 Å². The molecule has 0 saturated carbocycles. The normalized spacial score (nSPS) is 20.4. The first-order valence-electron chi connectivity index (χ1n) is 9.89. The second-order valence-corrected chi connectivity index (χ2v) is 7.88. The topological polar surface area (TPSA) is 85.9 Å². The molecule has 0 spiro atoms. The van der Waals surface area contributed by atoms with Gasteiger partial charge in [-0.1, -0.05) is 30.3 Å². The lowest BCUT2D eigenvalue weighted by molar-refractivity contribution is 0.360. The SMILES string of the molecule is Cc1cnc(N2CC[C@@H]3Cn4c(nn(Cc5ccccc5)c(=O)c4=O)[C@@H]3C2)nc1. The van der Waals surface area contributed by atoms with E-state index in [1.54, 1.807) is 4.57 Å². The maximum Gasteiger partial charge on any atom is 0.332 e. The van der Waals surface area contributed by atoms with Gasteiger partial charge in [-0.15, -0.1) is 0 Å². The van der Waals surface area contributed by atoms with Crippen LogP contribution < -0.4 is 16.0 Å². The van der Waals surface area contributed by atoms with E-state index < -0.39 is 11.1 Å². The van der Waals surface area contributed by atoms with Crippen molar-refractivity contribution in [2.45, 2.75) is 32.4 Å². The molecule has 8 nitrogen and oxygen atoms in total. The number of fused-ring (bicyclic) bond motifs is 3. The Morgan fingerprint density at radius 3 is 2.55 bits per heavy atom. The predicted octanol–water partition coefficient (Wildman–Crippen LogP) is 1.18. The van der Waals surface area contributed by atoms with Crippen LogP contribution in [0.15, 0.2) is 52.3 Å². The molecule has 29 heavy (non-hydrogen) atoms. The number of aryl methyl sites for hydroxylation is 1. The number of aromatic nitrogens is 5. The van der Waals surface area contributed by atoms with Gasteiger partial charge in [0.2, 0.25) is 5.95 Å².